The van der Waals surface area contributed by atoms with Crippen molar-refractivity contribution in [2.24, 2.45) is 50.2 Å². The summed E-state index contributed by atoms with van der Waals surface area (Å²) in [5.41, 5.74) is -0.909. The monoisotopic (exact) mass is 498 g/mol. The number of hydrogen-bond acceptors (Lipinski definition) is 4. The van der Waals surface area contributed by atoms with Gasteiger partial charge in [0.2, 0.25) is 0 Å². The van der Waals surface area contributed by atoms with E-state index in [1.165, 1.54) is 5.57 Å². The van der Waals surface area contributed by atoms with Gasteiger partial charge in [-0.2, -0.15) is 0 Å². The van der Waals surface area contributed by atoms with E-state index in [-0.39, 0.29) is 51.8 Å². The number of ether oxygens (including phenoxy) is 1. The summed E-state index contributed by atoms with van der Waals surface area (Å²) in [4.78, 5) is 39.0. The number of carboxylic acids is 1. The van der Waals surface area contributed by atoms with Crippen molar-refractivity contribution in [3.8, 4) is 0 Å². The lowest BCUT2D eigenvalue weighted by atomic mass is 9.33. The number of methoxy groups -OCH3 is 1. The molecule has 1 unspecified atom stereocenters. The van der Waals surface area contributed by atoms with Crippen LogP contribution in [-0.4, -0.2) is 35.9 Å². The molecule has 36 heavy (non-hydrogen) atoms. The van der Waals surface area contributed by atoms with Crippen LogP contribution >= 0.6 is 0 Å². The second-order valence-corrected chi connectivity index (χ2v) is 15.0. The average molecular weight is 499 g/mol. The Hall–Kier alpha value is -1.49. The lowest BCUT2D eigenvalue weighted by Gasteiger charge is -2.71. The molecule has 0 bridgehead atoms. The summed E-state index contributed by atoms with van der Waals surface area (Å²) < 4.78 is 6.30. The van der Waals surface area contributed by atoms with Gasteiger partial charge in [0.05, 0.1) is 11.5 Å². The molecule has 4 fully saturated rings. The van der Waals surface area contributed by atoms with Gasteiger partial charge in [0.1, 0.15) is 11.6 Å². The number of aliphatic carboxylic acids is 1. The van der Waals surface area contributed by atoms with E-state index in [0.29, 0.717) is 31.0 Å². The maximum Gasteiger partial charge on any atom is 0.310 e. The van der Waals surface area contributed by atoms with Gasteiger partial charge in [-0.1, -0.05) is 60.1 Å². The fourth-order valence-corrected chi connectivity index (χ4v) is 10.5. The maximum absolute atomic E-state index is 13.1. The summed E-state index contributed by atoms with van der Waals surface area (Å²) in [5.74, 6) is 0.0592. The van der Waals surface area contributed by atoms with Crippen molar-refractivity contribution >= 4 is 17.5 Å². The molecule has 8 atom stereocenters. The van der Waals surface area contributed by atoms with E-state index in [0.717, 1.165) is 25.7 Å². The second-order valence-electron chi connectivity index (χ2n) is 15.0. The molecule has 5 rings (SSSR count). The van der Waals surface area contributed by atoms with E-state index in [9.17, 15) is 19.5 Å². The number of carbonyl (C=O) groups is 3. The Morgan fingerprint density at radius 1 is 0.972 bits per heavy atom. The Balaban J connectivity index is 1.69. The van der Waals surface area contributed by atoms with Gasteiger partial charge in [-0.05, 0) is 66.6 Å². The van der Waals surface area contributed by atoms with Gasteiger partial charge in [-0.3, -0.25) is 14.4 Å². The molecule has 0 aromatic rings. The van der Waals surface area contributed by atoms with Crippen molar-refractivity contribution in [2.45, 2.75) is 106 Å². The molecule has 4 saturated carbocycles. The lowest BCUT2D eigenvalue weighted by Crippen LogP contribution is -2.68. The number of ketones is 2. The minimum absolute atomic E-state index is 0.0285. The van der Waals surface area contributed by atoms with Crippen LogP contribution in [0.15, 0.2) is 11.6 Å². The van der Waals surface area contributed by atoms with Crippen LogP contribution in [0, 0.1) is 50.2 Å². The van der Waals surface area contributed by atoms with Crippen LogP contribution in [0.2, 0.25) is 0 Å². The summed E-state index contributed by atoms with van der Waals surface area (Å²) in [7, 11) is 1.79. The molecule has 0 aliphatic heterocycles. The van der Waals surface area contributed by atoms with E-state index in [2.05, 4.69) is 40.7 Å². The molecule has 0 heterocycles. The van der Waals surface area contributed by atoms with E-state index in [4.69, 9.17) is 4.74 Å². The Morgan fingerprint density at radius 2 is 1.64 bits per heavy atom. The van der Waals surface area contributed by atoms with Gasteiger partial charge in [0.15, 0.2) is 0 Å². The molecule has 200 valence electrons. The molecule has 0 spiro atoms. The molecule has 1 N–H and O–H groups in total. The quantitative estimate of drug-likeness (QED) is 0.456. The van der Waals surface area contributed by atoms with Crippen LogP contribution in [0.1, 0.15) is 99.8 Å². The fourth-order valence-electron chi connectivity index (χ4n) is 10.5. The zero-order valence-electron chi connectivity index (χ0n) is 23.6. The van der Waals surface area contributed by atoms with Crippen molar-refractivity contribution < 1.29 is 24.2 Å². The lowest BCUT2D eigenvalue weighted by molar-refractivity contribution is -0.211. The maximum atomic E-state index is 13.1. The van der Waals surface area contributed by atoms with Crippen LogP contribution in [0.4, 0.5) is 0 Å². The largest absolute Gasteiger partial charge is 0.481 e. The topological polar surface area (TPSA) is 80.7 Å². The molecule has 0 radical (unpaired) electrons. The normalized spacial score (nSPS) is 49.2. The predicted molar refractivity (Wildman–Crippen MR) is 138 cm³/mol. The highest BCUT2D eigenvalue weighted by atomic mass is 16.5. The van der Waals surface area contributed by atoms with Gasteiger partial charge >= 0.3 is 5.97 Å². The molecule has 5 nitrogen and oxygen atoms in total. The van der Waals surface area contributed by atoms with E-state index in [1.54, 1.807) is 7.11 Å². The molecule has 0 amide bonds. The first-order valence-corrected chi connectivity index (χ1v) is 14.1. The van der Waals surface area contributed by atoms with Crippen molar-refractivity contribution in [1.29, 1.82) is 0 Å². The standard InChI is InChI=1S/C31H46O5/c1-26(2)16-19-18-15-20(36-8)24-28(5)11-10-22(32)27(3,4)21(28)9-12-30(24,7)29(18,6)13-14-31(19,25(34)35)17-23(26)33/h15,19-21,24H,9-14,16-17H2,1-8H3,(H,34,35)/t19-,20+,21?,24+,28-,29+,30+,31+/m0/s1. The summed E-state index contributed by atoms with van der Waals surface area (Å²) in [5, 5.41) is 10.5. The van der Waals surface area contributed by atoms with Gasteiger partial charge < -0.3 is 9.84 Å². The Labute approximate surface area is 216 Å². The highest BCUT2D eigenvalue weighted by Gasteiger charge is 2.71. The minimum Gasteiger partial charge on any atom is -0.481 e. The Bertz CT molecular complexity index is 1050. The molecule has 5 heteroatoms. The van der Waals surface area contributed by atoms with E-state index >= 15 is 0 Å². The van der Waals surface area contributed by atoms with Gasteiger partial charge in [-0.25, -0.2) is 0 Å². The van der Waals surface area contributed by atoms with Crippen molar-refractivity contribution in [2.75, 3.05) is 7.11 Å². The summed E-state index contributed by atoms with van der Waals surface area (Å²) in [6.45, 7) is 15.5. The number of hydrogen-bond donors (Lipinski definition) is 1. The highest BCUT2D eigenvalue weighted by Crippen LogP contribution is 2.75. The molecule has 0 aromatic carbocycles. The van der Waals surface area contributed by atoms with Gasteiger partial charge in [0, 0.05) is 36.7 Å². The zero-order chi connectivity index (χ0) is 26.7. The molecular formula is C31H46O5. The fraction of sp³-hybridized carbons (Fsp3) is 0.839. The van der Waals surface area contributed by atoms with Crippen molar-refractivity contribution in [3.63, 3.8) is 0 Å². The number of allylic oxidation sites excluding steroid dienone is 1. The molecule has 0 aromatic heterocycles. The van der Waals surface area contributed by atoms with Gasteiger partial charge in [0.25, 0.3) is 0 Å². The highest BCUT2D eigenvalue weighted by molar-refractivity contribution is 5.92. The van der Waals surface area contributed by atoms with E-state index in [1.807, 2.05) is 13.8 Å². The summed E-state index contributed by atoms with van der Waals surface area (Å²) in [6, 6.07) is 0. The number of rotatable bonds is 2. The zero-order valence-corrected chi connectivity index (χ0v) is 23.6. The third-order valence-corrected chi connectivity index (χ3v) is 13.0. The van der Waals surface area contributed by atoms with Crippen LogP contribution in [0.5, 0.6) is 0 Å². The minimum atomic E-state index is -1.01. The van der Waals surface area contributed by atoms with Crippen LogP contribution < -0.4 is 0 Å². The first-order chi connectivity index (χ1) is 16.5. The third kappa shape index (κ3) is 2.96. The summed E-state index contributed by atoms with van der Waals surface area (Å²) in [6.07, 6.45) is 7.75. The number of carboxylic acid groups (broad SMARTS) is 1. The molecule has 5 aliphatic rings. The smallest absolute Gasteiger partial charge is 0.310 e. The molecule has 5 aliphatic carbocycles. The predicted octanol–water partition coefficient (Wildman–Crippen LogP) is 6.25. The van der Waals surface area contributed by atoms with Crippen LogP contribution in [-0.2, 0) is 19.1 Å². The Morgan fingerprint density at radius 3 is 2.25 bits per heavy atom. The first kappa shape index (κ1) is 26.1. The SMILES string of the molecule is CO[C@@H]1C=C2[C@@H]3CC(C)(C)C(=O)C[C@]3(C(=O)O)CC[C@@]2(C)[C@]2(C)CCC3C(C)(C)C(=O)CC[C@]3(C)[C@@H]12. The number of carbonyl (C=O) groups excluding carboxylic acids is 2. The first-order valence-electron chi connectivity index (χ1n) is 14.1. The number of Topliss-reactive ketones (excluding diaryl/α,β-unsaturated/α-hetero) is 2. The summed E-state index contributed by atoms with van der Waals surface area (Å²) >= 11 is 0. The van der Waals surface area contributed by atoms with Crippen molar-refractivity contribution in [1.82, 2.24) is 0 Å². The van der Waals surface area contributed by atoms with Gasteiger partial charge in [-0.15, -0.1) is 0 Å². The number of fused-ring (bicyclic) bond motifs is 7. The van der Waals surface area contributed by atoms with Crippen LogP contribution in [0.3, 0.4) is 0 Å². The molecular weight excluding hydrogens is 452 g/mol. The third-order valence-electron chi connectivity index (χ3n) is 13.0. The average Bonchev–Trinajstić information content (AvgIpc) is 2.78. The van der Waals surface area contributed by atoms with Crippen LogP contribution in [0.25, 0.3) is 0 Å². The molecule has 0 saturated heterocycles. The second kappa shape index (κ2) is 7.55. The van der Waals surface area contributed by atoms with E-state index < -0.39 is 16.8 Å². The van der Waals surface area contributed by atoms with Crippen molar-refractivity contribution in [3.05, 3.63) is 11.6 Å². The Kier molecular flexibility index (Phi) is 5.48.